The summed E-state index contributed by atoms with van der Waals surface area (Å²) in [6.45, 7) is 5.13. The van der Waals surface area contributed by atoms with Gasteiger partial charge in [0.15, 0.2) is 0 Å². The van der Waals surface area contributed by atoms with Gasteiger partial charge in [-0.2, -0.15) is 0 Å². The Morgan fingerprint density at radius 2 is 2.09 bits per heavy atom. The fourth-order valence-corrected chi connectivity index (χ4v) is 2.56. The van der Waals surface area contributed by atoms with Crippen LogP contribution in [0.3, 0.4) is 0 Å². The summed E-state index contributed by atoms with van der Waals surface area (Å²) in [6.07, 6.45) is 2.57. The van der Waals surface area contributed by atoms with Gasteiger partial charge in [-0.3, -0.25) is 0 Å². The molecule has 0 aromatic heterocycles. The first-order valence-electron chi connectivity index (χ1n) is 7.76. The third-order valence-corrected chi connectivity index (χ3v) is 4.39. The lowest BCUT2D eigenvalue weighted by molar-refractivity contribution is 0.201. The summed E-state index contributed by atoms with van der Waals surface area (Å²) in [5.74, 6) is -0.237. The number of carbonyl (C=O) groups is 1. The number of nitrogens with one attached hydrogen (secondary N) is 2. The van der Waals surface area contributed by atoms with Crippen LogP contribution >= 0.6 is 0 Å². The molecule has 3 N–H and O–H groups in total. The van der Waals surface area contributed by atoms with Crippen LogP contribution in [0, 0.1) is 11.2 Å². The van der Waals surface area contributed by atoms with Crippen molar-refractivity contribution < 1.29 is 14.3 Å². The van der Waals surface area contributed by atoms with E-state index in [4.69, 9.17) is 5.11 Å². The van der Waals surface area contributed by atoms with Crippen molar-refractivity contribution in [2.45, 2.75) is 38.5 Å². The number of amides is 2. The Labute approximate surface area is 131 Å². The summed E-state index contributed by atoms with van der Waals surface area (Å²) in [7, 11) is 0. The van der Waals surface area contributed by atoms with Gasteiger partial charge in [-0.15, -0.1) is 0 Å². The van der Waals surface area contributed by atoms with Gasteiger partial charge in [0, 0.05) is 25.1 Å². The molecule has 1 aromatic rings. The molecule has 1 aromatic carbocycles. The van der Waals surface area contributed by atoms with Crippen LogP contribution in [-0.2, 0) is 5.41 Å². The molecule has 1 aliphatic carbocycles. The fourth-order valence-electron chi connectivity index (χ4n) is 2.56. The second-order valence-corrected chi connectivity index (χ2v) is 6.96. The molecular weight excluding hydrogens is 283 g/mol. The van der Waals surface area contributed by atoms with Crippen LogP contribution < -0.4 is 10.6 Å². The van der Waals surface area contributed by atoms with E-state index in [9.17, 15) is 9.18 Å². The molecule has 0 radical (unpaired) electrons. The number of benzene rings is 1. The standard InChI is InChI=1S/C17H25FN2O2/c1-16(2,8-9-21)11-19-15(22)20-12-17(6-7-17)13-4-3-5-14(18)10-13/h3-5,10,21H,6-9,11-12H2,1-2H3,(H2,19,20,22). The lowest BCUT2D eigenvalue weighted by Gasteiger charge is -2.24. The summed E-state index contributed by atoms with van der Waals surface area (Å²) in [4.78, 5) is 11.9. The number of urea groups is 1. The zero-order chi connectivity index (χ0) is 16.2. The molecule has 0 unspecified atom stereocenters. The molecule has 5 heteroatoms. The van der Waals surface area contributed by atoms with Crippen molar-refractivity contribution in [2.24, 2.45) is 5.41 Å². The minimum absolute atomic E-state index is 0.110. The summed E-state index contributed by atoms with van der Waals surface area (Å²) >= 11 is 0. The van der Waals surface area contributed by atoms with Crippen LogP contribution in [0.15, 0.2) is 24.3 Å². The average Bonchev–Trinajstić information content (AvgIpc) is 3.24. The third kappa shape index (κ3) is 4.44. The second kappa shape index (κ2) is 6.65. The zero-order valence-corrected chi connectivity index (χ0v) is 13.3. The van der Waals surface area contributed by atoms with Crippen molar-refractivity contribution in [1.29, 1.82) is 0 Å². The molecular formula is C17H25FN2O2. The van der Waals surface area contributed by atoms with Crippen LogP contribution in [-0.4, -0.2) is 30.8 Å². The topological polar surface area (TPSA) is 61.4 Å². The van der Waals surface area contributed by atoms with Crippen LogP contribution in [0.1, 0.15) is 38.7 Å². The van der Waals surface area contributed by atoms with Crippen molar-refractivity contribution >= 4 is 6.03 Å². The van der Waals surface area contributed by atoms with E-state index in [1.54, 1.807) is 12.1 Å². The minimum Gasteiger partial charge on any atom is -0.396 e. The van der Waals surface area contributed by atoms with Gasteiger partial charge in [-0.05, 0) is 42.4 Å². The Morgan fingerprint density at radius 1 is 1.36 bits per heavy atom. The molecule has 22 heavy (non-hydrogen) atoms. The predicted octanol–water partition coefficient (Wildman–Crippen LogP) is 2.57. The van der Waals surface area contributed by atoms with Gasteiger partial charge in [-0.25, -0.2) is 9.18 Å². The Bertz CT molecular complexity index is 527. The molecule has 1 fully saturated rings. The van der Waals surface area contributed by atoms with Crippen molar-refractivity contribution in [3.8, 4) is 0 Å². The van der Waals surface area contributed by atoms with E-state index in [0.717, 1.165) is 18.4 Å². The zero-order valence-electron chi connectivity index (χ0n) is 13.3. The third-order valence-electron chi connectivity index (χ3n) is 4.39. The molecule has 1 aliphatic rings. The largest absolute Gasteiger partial charge is 0.396 e. The van der Waals surface area contributed by atoms with Crippen LogP contribution in [0.5, 0.6) is 0 Å². The van der Waals surface area contributed by atoms with Crippen LogP contribution in [0.4, 0.5) is 9.18 Å². The molecule has 0 atom stereocenters. The smallest absolute Gasteiger partial charge is 0.314 e. The number of hydrogen-bond donors (Lipinski definition) is 3. The molecule has 0 spiro atoms. The van der Waals surface area contributed by atoms with E-state index < -0.39 is 0 Å². The number of aliphatic hydroxyl groups excluding tert-OH is 1. The Kier molecular flexibility index (Phi) is 5.06. The normalized spacial score (nSPS) is 16.2. The van der Waals surface area contributed by atoms with Gasteiger partial charge < -0.3 is 15.7 Å². The Balaban J connectivity index is 1.81. The van der Waals surface area contributed by atoms with E-state index in [1.807, 2.05) is 19.9 Å². The maximum absolute atomic E-state index is 13.3. The molecule has 2 amide bonds. The summed E-state index contributed by atoms with van der Waals surface area (Å²) < 4.78 is 13.3. The molecule has 0 bridgehead atoms. The lowest BCUT2D eigenvalue weighted by atomic mass is 9.90. The molecule has 4 nitrogen and oxygen atoms in total. The molecule has 122 valence electrons. The van der Waals surface area contributed by atoms with Gasteiger partial charge in [0.1, 0.15) is 5.82 Å². The van der Waals surface area contributed by atoms with Crippen molar-refractivity contribution in [2.75, 3.05) is 19.7 Å². The van der Waals surface area contributed by atoms with Gasteiger partial charge in [-0.1, -0.05) is 26.0 Å². The fraction of sp³-hybridized carbons (Fsp3) is 0.588. The highest BCUT2D eigenvalue weighted by Crippen LogP contribution is 2.47. The van der Waals surface area contributed by atoms with Crippen molar-refractivity contribution in [1.82, 2.24) is 10.6 Å². The van der Waals surface area contributed by atoms with E-state index in [2.05, 4.69) is 10.6 Å². The van der Waals surface area contributed by atoms with Gasteiger partial charge in [0.05, 0.1) is 0 Å². The molecule has 0 aliphatic heterocycles. The van der Waals surface area contributed by atoms with Crippen LogP contribution in [0.25, 0.3) is 0 Å². The first kappa shape index (κ1) is 16.7. The number of hydrogen-bond acceptors (Lipinski definition) is 2. The van der Waals surface area contributed by atoms with E-state index in [-0.39, 0.29) is 29.3 Å². The first-order valence-corrected chi connectivity index (χ1v) is 7.76. The summed E-state index contributed by atoms with van der Waals surface area (Å²) in [5.41, 5.74) is 0.708. The maximum atomic E-state index is 13.3. The Morgan fingerprint density at radius 3 is 2.68 bits per heavy atom. The minimum atomic E-state index is -0.237. The number of aliphatic hydroxyl groups is 1. The summed E-state index contributed by atoms with van der Waals surface area (Å²) in [6, 6.07) is 6.40. The highest BCUT2D eigenvalue weighted by Gasteiger charge is 2.44. The van der Waals surface area contributed by atoms with Gasteiger partial charge in [0.25, 0.3) is 0 Å². The van der Waals surface area contributed by atoms with E-state index in [0.29, 0.717) is 19.5 Å². The quantitative estimate of drug-likeness (QED) is 0.725. The molecule has 1 saturated carbocycles. The van der Waals surface area contributed by atoms with Crippen molar-refractivity contribution in [3.05, 3.63) is 35.6 Å². The monoisotopic (exact) mass is 308 g/mol. The van der Waals surface area contributed by atoms with Gasteiger partial charge in [0.2, 0.25) is 0 Å². The van der Waals surface area contributed by atoms with Crippen molar-refractivity contribution in [3.63, 3.8) is 0 Å². The molecule has 2 rings (SSSR count). The number of rotatable bonds is 7. The highest BCUT2D eigenvalue weighted by molar-refractivity contribution is 5.74. The van der Waals surface area contributed by atoms with Crippen LogP contribution in [0.2, 0.25) is 0 Å². The summed E-state index contributed by atoms with van der Waals surface area (Å²) in [5, 5.41) is 14.7. The maximum Gasteiger partial charge on any atom is 0.314 e. The first-order chi connectivity index (χ1) is 10.4. The number of carbonyl (C=O) groups excluding carboxylic acids is 1. The Hall–Kier alpha value is -1.62. The SMILES string of the molecule is CC(C)(CCO)CNC(=O)NCC1(c2cccc(F)c2)CC1. The average molecular weight is 308 g/mol. The second-order valence-electron chi connectivity index (χ2n) is 6.96. The molecule has 0 heterocycles. The molecule has 0 saturated heterocycles. The number of halogens is 1. The van der Waals surface area contributed by atoms with E-state index >= 15 is 0 Å². The van der Waals surface area contributed by atoms with Gasteiger partial charge >= 0.3 is 6.03 Å². The highest BCUT2D eigenvalue weighted by atomic mass is 19.1. The predicted molar refractivity (Wildman–Crippen MR) is 84.2 cm³/mol. The van der Waals surface area contributed by atoms with E-state index in [1.165, 1.54) is 6.07 Å². The lowest BCUT2D eigenvalue weighted by Crippen LogP contribution is -2.43.